The van der Waals surface area contributed by atoms with E-state index in [0.29, 0.717) is 21.5 Å². The zero-order valence-electron chi connectivity index (χ0n) is 22.2. The van der Waals surface area contributed by atoms with E-state index in [1.54, 1.807) is 42.5 Å². The number of sulfone groups is 1. The summed E-state index contributed by atoms with van der Waals surface area (Å²) < 4.78 is 44.6. The third-order valence-corrected chi connectivity index (χ3v) is 9.25. The van der Waals surface area contributed by atoms with Crippen molar-refractivity contribution in [2.24, 2.45) is 0 Å². The van der Waals surface area contributed by atoms with Crippen molar-refractivity contribution in [1.82, 2.24) is 20.1 Å². The Balaban J connectivity index is 0.000000189. The van der Waals surface area contributed by atoms with Gasteiger partial charge in [-0.3, -0.25) is 0 Å². The summed E-state index contributed by atoms with van der Waals surface area (Å²) in [5, 5.41) is 8.01. The van der Waals surface area contributed by atoms with Crippen LogP contribution in [0.4, 0.5) is 10.3 Å². The van der Waals surface area contributed by atoms with Crippen LogP contribution < -0.4 is 10.5 Å². The number of aryl methyl sites for hydroxylation is 1. The molecule has 0 aliphatic carbocycles. The van der Waals surface area contributed by atoms with Crippen molar-refractivity contribution in [3.63, 3.8) is 0 Å². The summed E-state index contributed by atoms with van der Waals surface area (Å²) >= 11 is 9.46. The number of aromatic nitrogens is 3. The van der Waals surface area contributed by atoms with Gasteiger partial charge in [0.05, 0.1) is 28.3 Å². The maximum atomic E-state index is 14.5. The lowest BCUT2D eigenvalue weighted by Gasteiger charge is -2.14. The Kier molecular flexibility index (Phi) is 9.94. The molecule has 3 aromatic carbocycles. The number of nitrogens with two attached hydrogens (primary N) is 1. The summed E-state index contributed by atoms with van der Waals surface area (Å²) in [6, 6.07) is 13.4. The first kappa shape index (κ1) is 30.1. The molecule has 8 nitrogen and oxygen atoms in total. The van der Waals surface area contributed by atoms with Crippen LogP contribution in [-0.4, -0.2) is 61.0 Å². The van der Waals surface area contributed by atoms with Gasteiger partial charge in [0.15, 0.2) is 21.4 Å². The van der Waals surface area contributed by atoms with Crippen molar-refractivity contribution in [3.8, 4) is 16.9 Å². The van der Waals surface area contributed by atoms with Crippen molar-refractivity contribution in [2.45, 2.75) is 31.1 Å². The molecule has 5 rings (SSSR count). The maximum Gasteiger partial charge on any atom is 0.240 e. The molecule has 0 amide bonds. The molecule has 0 spiro atoms. The van der Waals surface area contributed by atoms with Gasteiger partial charge in [-0.1, -0.05) is 27.5 Å². The van der Waals surface area contributed by atoms with E-state index in [2.05, 4.69) is 36.0 Å². The number of hydrogen-bond donors (Lipinski definition) is 1. The van der Waals surface area contributed by atoms with Crippen molar-refractivity contribution in [1.29, 1.82) is 0 Å². The summed E-state index contributed by atoms with van der Waals surface area (Å²) in [5.74, 6) is -0.0665. The van der Waals surface area contributed by atoms with Crippen LogP contribution in [0.25, 0.3) is 22.2 Å². The minimum atomic E-state index is -3.12. The minimum absolute atomic E-state index is 0.0916. The highest BCUT2D eigenvalue weighted by molar-refractivity contribution is 9.10. The normalized spacial score (nSPS) is 13.7. The minimum Gasteiger partial charge on any atom is -0.494 e. The predicted octanol–water partition coefficient (Wildman–Crippen LogP) is 6.09. The van der Waals surface area contributed by atoms with E-state index in [0.717, 1.165) is 36.1 Å². The Morgan fingerprint density at radius 2 is 1.80 bits per heavy atom. The van der Waals surface area contributed by atoms with Crippen molar-refractivity contribution >= 4 is 54.3 Å². The van der Waals surface area contributed by atoms with E-state index >= 15 is 0 Å². The van der Waals surface area contributed by atoms with E-state index < -0.39 is 15.7 Å². The molecule has 1 fully saturated rings. The zero-order chi connectivity index (χ0) is 28.9. The van der Waals surface area contributed by atoms with Crippen molar-refractivity contribution in [3.05, 3.63) is 69.4 Å². The van der Waals surface area contributed by atoms with E-state index in [1.165, 1.54) is 26.0 Å². The largest absolute Gasteiger partial charge is 0.494 e. The summed E-state index contributed by atoms with van der Waals surface area (Å²) in [6.07, 6.45) is 3.22. The third kappa shape index (κ3) is 7.25. The Hall–Kier alpha value is -2.86. The highest BCUT2D eigenvalue weighted by Gasteiger charge is 2.18. The quantitative estimate of drug-likeness (QED) is 0.256. The van der Waals surface area contributed by atoms with Gasteiger partial charge in [0.2, 0.25) is 5.95 Å². The summed E-state index contributed by atoms with van der Waals surface area (Å²) in [4.78, 5) is 6.91. The smallest absolute Gasteiger partial charge is 0.240 e. The van der Waals surface area contributed by atoms with E-state index in [9.17, 15) is 12.8 Å². The second-order valence-corrected chi connectivity index (χ2v) is 12.9. The first-order valence-electron chi connectivity index (χ1n) is 12.7. The van der Waals surface area contributed by atoms with Crippen LogP contribution in [0, 0.1) is 12.7 Å². The fraction of sp³-hybridized carbons (Fsp3) is 0.321. The monoisotopic (exact) mass is 649 g/mol. The van der Waals surface area contributed by atoms with Gasteiger partial charge in [-0.15, -0.1) is 10.2 Å². The molecule has 1 aliphatic rings. The lowest BCUT2D eigenvalue weighted by molar-refractivity contribution is 0.340. The molecule has 12 heteroatoms. The van der Waals surface area contributed by atoms with Crippen LogP contribution in [0.3, 0.4) is 0 Å². The fourth-order valence-electron chi connectivity index (χ4n) is 4.57. The molecule has 212 valence electrons. The number of benzene rings is 3. The van der Waals surface area contributed by atoms with Crippen molar-refractivity contribution in [2.75, 3.05) is 38.2 Å². The molecule has 0 atom stereocenters. The number of nitrogens with zero attached hydrogens (tertiary/aromatic N) is 4. The maximum absolute atomic E-state index is 14.5. The van der Waals surface area contributed by atoms with Gasteiger partial charge >= 0.3 is 0 Å². The Labute approximate surface area is 246 Å². The van der Waals surface area contributed by atoms with Gasteiger partial charge in [0.1, 0.15) is 5.52 Å². The first-order valence-corrected chi connectivity index (χ1v) is 15.5. The van der Waals surface area contributed by atoms with Crippen LogP contribution >= 0.6 is 27.5 Å². The second kappa shape index (κ2) is 13.2. The highest BCUT2D eigenvalue weighted by Crippen LogP contribution is 2.37. The molecule has 0 saturated carbocycles. The molecule has 40 heavy (non-hydrogen) atoms. The molecular weight excluding hydrogens is 621 g/mol. The predicted molar refractivity (Wildman–Crippen MR) is 160 cm³/mol. The van der Waals surface area contributed by atoms with Crippen LogP contribution in [0.1, 0.15) is 24.8 Å². The fourth-order valence-corrected chi connectivity index (χ4v) is 6.38. The molecule has 0 bridgehead atoms. The van der Waals surface area contributed by atoms with Gasteiger partial charge in [-0.25, -0.2) is 17.8 Å². The standard InChI is InChI=1S/C15H12ClFN4O.C13H18BrNO2S/c1-7-5-8(6-10-14(7)19-15(18)21-20-10)12-9(16)3-4-11(22-2)13(12)17;14-12-4-6-13(7-5-12)18(16,17)11-3-10-15-8-1-2-9-15/h3-6H,1-2H3,(H2,18,19,21);4-7H,1-3,8-11H2. The van der Waals surface area contributed by atoms with Crippen LogP contribution in [0.15, 0.2) is 57.9 Å². The summed E-state index contributed by atoms with van der Waals surface area (Å²) in [7, 11) is -1.71. The average Bonchev–Trinajstić information content (AvgIpc) is 3.43. The molecule has 1 aromatic heterocycles. The first-order chi connectivity index (χ1) is 19.1. The number of nitrogen functional groups attached to an aromatic ring is 1. The number of rotatable bonds is 7. The topological polar surface area (TPSA) is 111 Å². The van der Waals surface area contributed by atoms with E-state index in [1.807, 2.05) is 6.92 Å². The van der Waals surface area contributed by atoms with Gasteiger partial charge in [-0.2, -0.15) is 0 Å². The number of ether oxygens (including phenoxy) is 1. The lowest BCUT2D eigenvalue weighted by atomic mass is 10.0. The van der Waals surface area contributed by atoms with Crippen LogP contribution in [-0.2, 0) is 9.84 Å². The third-order valence-electron chi connectivity index (χ3n) is 6.59. The second-order valence-electron chi connectivity index (χ2n) is 9.44. The molecule has 2 heterocycles. The summed E-state index contributed by atoms with van der Waals surface area (Å²) in [5.41, 5.74) is 8.31. The number of anilines is 1. The number of methoxy groups -OCH3 is 1. The van der Waals surface area contributed by atoms with Crippen molar-refractivity contribution < 1.29 is 17.5 Å². The van der Waals surface area contributed by atoms with Crippen LogP contribution in [0.2, 0.25) is 5.02 Å². The average molecular weight is 651 g/mol. The molecular formula is C28H30BrClFN5O3S. The zero-order valence-corrected chi connectivity index (χ0v) is 25.4. The van der Waals surface area contributed by atoms with Gasteiger partial charge in [-0.05, 0) is 105 Å². The Morgan fingerprint density at radius 3 is 2.48 bits per heavy atom. The number of hydrogen-bond acceptors (Lipinski definition) is 8. The van der Waals surface area contributed by atoms with Gasteiger partial charge in [0.25, 0.3) is 0 Å². The SMILES string of the molecule is COc1ccc(Cl)c(-c2cc(C)c3nc(N)nnc3c2)c1F.O=S(=O)(CCCN1CCCC1)c1ccc(Br)cc1. The molecule has 1 aliphatic heterocycles. The molecule has 1 saturated heterocycles. The van der Waals surface area contributed by atoms with Gasteiger partial charge < -0.3 is 15.4 Å². The van der Waals surface area contributed by atoms with E-state index in [-0.39, 0.29) is 28.0 Å². The number of fused-ring (bicyclic) bond motifs is 1. The van der Waals surface area contributed by atoms with Gasteiger partial charge in [0, 0.05) is 10.0 Å². The van der Waals surface area contributed by atoms with E-state index in [4.69, 9.17) is 22.1 Å². The molecule has 2 N–H and O–H groups in total. The Morgan fingerprint density at radius 1 is 1.10 bits per heavy atom. The lowest BCUT2D eigenvalue weighted by Crippen LogP contribution is -2.22. The number of likely N-dealkylation sites (tertiary alicyclic amines) is 1. The summed E-state index contributed by atoms with van der Waals surface area (Å²) in [6.45, 7) is 4.98. The number of halogens is 3. The van der Waals surface area contributed by atoms with Crippen LogP contribution in [0.5, 0.6) is 5.75 Å². The molecule has 0 radical (unpaired) electrons. The Bertz CT molecular complexity index is 1600. The molecule has 0 unspecified atom stereocenters. The highest BCUT2D eigenvalue weighted by atomic mass is 79.9. The molecule has 4 aromatic rings.